The Bertz CT molecular complexity index is 849. The van der Waals surface area contributed by atoms with Crippen LogP contribution < -0.4 is 10.6 Å². The lowest BCUT2D eigenvalue weighted by Gasteiger charge is -2.12. The summed E-state index contributed by atoms with van der Waals surface area (Å²) in [5.74, 6) is 0. The average Bonchev–Trinajstić information content (AvgIpc) is 2.51. The molecule has 3 aromatic carbocycles. The number of halogens is 2. The highest BCUT2D eigenvalue weighted by atomic mass is 35.5. The second-order valence-corrected chi connectivity index (χ2v) is 6.02. The van der Waals surface area contributed by atoms with Crippen LogP contribution in [0.5, 0.6) is 0 Å². The summed E-state index contributed by atoms with van der Waals surface area (Å²) < 4.78 is 0. The Morgan fingerprint density at radius 2 is 1.59 bits per heavy atom. The topological polar surface area (TPSA) is 24.1 Å². The first kappa shape index (κ1) is 15.1. The van der Waals surface area contributed by atoms with E-state index in [0.29, 0.717) is 20.8 Å². The second-order valence-electron chi connectivity index (χ2n) is 4.77. The van der Waals surface area contributed by atoms with Crippen molar-refractivity contribution in [3.63, 3.8) is 0 Å². The molecule has 0 saturated carbocycles. The number of hydrogen-bond acceptors (Lipinski definition) is 1. The van der Waals surface area contributed by atoms with E-state index in [1.807, 2.05) is 30.3 Å². The molecule has 2 N–H and O–H groups in total. The van der Waals surface area contributed by atoms with Gasteiger partial charge in [0.25, 0.3) is 0 Å². The minimum atomic E-state index is 0.458. The maximum atomic E-state index is 6.11. The number of hydrogen-bond donors (Lipinski definition) is 2. The molecule has 0 bridgehead atoms. The molecule has 22 heavy (non-hydrogen) atoms. The van der Waals surface area contributed by atoms with Gasteiger partial charge in [0.2, 0.25) is 0 Å². The van der Waals surface area contributed by atoms with Crippen molar-refractivity contribution in [2.24, 2.45) is 0 Å². The molecule has 5 heteroatoms. The van der Waals surface area contributed by atoms with Crippen molar-refractivity contribution < 1.29 is 0 Å². The van der Waals surface area contributed by atoms with Gasteiger partial charge < -0.3 is 10.6 Å². The van der Waals surface area contributed by atoms with Gasteiger partial charge in [0, 0.05) is 10.7 Å². The van der Waals surface area contributed by atoms with Crippen LogP contribution in [-0.4, -0.2) is 5.11 Å². The number of anilines is 2. The lowest BCUT2D eigenvalue weighted by molar-refractivity contribution is 1.61. The fraction of sp³-hybridized carbons (Fsp3) is 0. The Morgan fingerprint density at radius 1 is 0.818 bits per heavy atom. The van der Waals surface area contributed by atoms with Gasteiger partial charge in [-0.05, 0) is 53.3 Å². The van der Waals surface area contributed by atoms with E-state index in [-0.39, 0.29) is 0 Å². The first-order valence-corrected chi connectivity index (χ1v) is 7.80. The van der Waals surface area contributed by atoms with E-state index < -0.39 is 0 Å². The zero-order chi connectivity index (χ0) is 15.5. The third-order valence-corrected chi connectivity index (χ3v) is 3.95. The summed E-state index contributed by atoms with van der Waals surface area (Å²) in [5.41, 5.74) is 1.59. The molecule has 0 unspecified atom stereocenters. The molecule has 110 valence electrons. The highest BCUT2D eigenvalue weighted by Crippen LogP contribution is 2.26. The van der Waals surface area contributed by atoms with Gasteiger partial charge in [-0.3, -0.25) is 0 Å². The van der Waals surface area contributed by atoms with Crippen LogP contribution in [-0.2, 0) is 0 Å². The quantitative estimate of drug-likeness (QED) is 0.560. The van der Waals surface area contributed by atoms with Gasteiger partial charge in [0.1, 0.15) is 0 Å². The molecule has 0 atom stereocenters. The van der Waals surface area contributed by atoms with Gasteiger partial charge in [0.15, 0.2) is 5.11 Å². The summed E-state index contributed by atoms with van der Waals surface area (Å²) in [6.45, 7) is 0. The summed E-state index contributed by atoms with van der Waals surface area (Å²) in [6, 6.07) is 19.4. The molecule has 3 rings (SSSR count). The Hall–Kier alpha value is -1.81. The molecule has 3 aromatic rings. The molecule has 2 nitrogen and oxygen atoms in total. The molecule has 0 aliphatic carbocycles. The predicted octanol–water partition coefficient (Wildman–Crippen LogP) is 5.96. The fourth-order valence-electron chi connectivity index (χ4n) is 2.15. The van der Waals surface area contributed by atoms with E-state index in [4.69, 9.17) is 35.4 Å². The molecule has 0 amide bonds. The van der Waals surface area contributed by atoms with Crippen molar-refractivity contribution in [2.45, 2.75) is 0 Å². The summed E-state index contributed by atoms with van der Waals surface area (Å²) >= 11 is 17.4. The van der Waals surface area contributed by atoms with Crippen LogP contribution in [0, 0.1) is 0 Å². The van der Waals surface area contributed by atoms with Crippen LogP contribution in [0.1, 0.15) is 0 Å². The Labute approximate surface area is 144 Å². The van der Waals surface area contributed by atoms with Gasteiger partial charge in [-0.2, -0.15) is 0 Å². The zero-order valence-electron chi connectivity index (χ0n) is 11.4. The normalized spacial score (nSPS) is 10.5. The molecule has 0 spiro atoms. The van der Waals surface area contributed by atoms with Gasteiger partial charge in [0.05, 0.1) is 10.7 Å². The predicted molar refractivity (Wildman–Crippen MR) is 100 cm³/mol. The van der Waals surface area contributed by atoms with Crippen molar-refractivity contribution in [3.05, 3.63) is 70.7 Å². The molecule has 0 fully saturated rings. The molecular weight excluding hydrogens is 335 g/mol. The molecule has 0 heterocycles. The van der Waals surface area contributed by atoms with Crippen molar-refractivity contribution in [3.8, 4) is 0 Å². The molecule has 0 aliphatic rings. The van der Waals surface area contributed by atoms with Crippen LogP contribution in [0.2, 0.25) is 10.0 Å². The fourth-order valence-corrected chi connectivity index (χ4v) is 2.71. The molecule has 0 aromatic heterocycles. The maximum Gasteiger partial charge on any atom is 0.175 e. The van der Waals surface area contributed by atoms with Crippen molar-refractivity contribution in [1.29, 1.82) is 0 Å². The van der Waals surface area contributed by atoms with Crippen LogP contribution in [0.15, 0.2) is 60.7 Å². The van der Waals surface area contributed by atoms with Crippen LogP contribution in [0.25, 0.3) is 10.8 Å². The van der Waals surface area contributed by atoms with Gasteiger partial charge in [-0.25, -0.2) is 0 Å². The van der Waals surface area contributed by atoms with Crippen LogP contribution >= 0.6 is 35.4 Å². The highest BCUT2D eigenvalue weighted by molar-refractivity contribution is 7.80. The van der Waals surface area contributed by atoms with Crippen molar-refractivity contribution >= 4 is 62.7 Å². The lowest BCUT2D eigenvalue weighted by atomic mass is 10.1. The minimum Gasteiger partial charge on any atom is -0.332 e. The van der Waals surface area contributed by atoms with E-state index in [9.17, 15) is 0 Å². The largest absolute Gasteiger partial charge is 0.332 e. The SMILES string of the molecule is S=C(Nc1ccc2ccccc2c1)Nc1cc(Cl)ccc1Cl. The Kier molecular flexibility index (Phi) is 4.48. The molecule has 0 saturated heterocycles. The number of fused-ring (bicyclic) bond motifs is 1. The summed E-state index contributed by atoms with van der Waals surface area (Å²) in [4.78, 5) is 0. The lowest BCUT2D eigenvalue weighted by Crippen LogP contribution is -2.19. The van der Waals surface area contributed by atoms with Gasteiger partial charge in [-0.1, -0.05) is 53.5 Å². The minimum absolute atomic E-state index is 0.458. The number of thiocarbonyl (C=S) groups is 1. The third-order valence-electron chi connectivity index (χ3n) is 3.18. The average molecular weight is 347 g/mol. The van der Waals surface area contributed by atoms with E-state index >= 15 is 0 Å². The highest BCUT2D eigenvalue weighted by Gasteiger charge is 2.04. The monoisotopic (exact) mass is 346 g/mol. The van der Waals surface area contributed by atoms with E-state index in [1.54, 1.807) is 18.2 Å². The second kappa shape index (κ2) is 6.53. The molecule has 0 aliphatic heterocycles. The van der Waals surface area contributed by atoms with E-state index in [1.165, 1.54) is 5.39 Å². The zero-order valence-corrected chi connectivity index (χ0v) is 13.8. The maximum absolute atomic E-state index is 6.11. The first-order valence-electron chi connectivity index (χ1n) is 6.64. The summed E-state index contributed by atoms with van der Waals surface area (Å²) in [6.07, 6.45) is 0. The number of nitrogens with one attached hydrogen (secondary N) is 2. The summed E-state index contributed by atoms with van der Waals surface area (Å²) in [5, 5.41) is 10.2. The standard InChI is InChI=1S/C17H12Cl2N2S/c18-13-6-8-15(19)16(10-13)21-17(22)20-14-7-5-11-3-1-2-4-12(11)9-14/h1-10H,(H2,20,21,22). The third kappa shape index (κ3) is 3.50. The number of benzene rings is 3. The molecular formula is C17H12Cl2N2S. The van der Waals surface area contributed by atoms with Crippen molar-refractivity contribution in [2.75, 3.05) is 10.6 Å². The van der Waals surface area contributed by atoms with E-state index in [0.717, 1.165) is 11.1 Å². The van der Waals surface area contributed by atoms with Gasteiger partial charge >= 0.3 is 0 Å². The van der Waals surface area contributed by atoms with Crippen LogP contribution in [0.4, 0.5) is 11.4 Å². The van der Waals surface area contributed by atoms with Crippen molar-refractivity contribution in [1.82, 2.24) is 0 Å². The summed E-state index contributed by atoms with van der Waals surface area (Å²) in [7, 11) is 0. The van der Waals surface area contributed by atoms with E-state index in [2.05, 4.69) is 22.8 Å². The number of rotatable bonds is 2. The molecule has 0 radical (unpaired) electrons. The Balaban J connectivity index is 1.76. The Morgan fingerprint density at radius 3 is 2.41 bits per heavy atom. The van der Waals surface area contributed by atoms with Crippen LogP contribution in [0.3, 0.4) is 0 Å². The van der Waals surface area contributed by atoms with Gasteiger partial charge in [-0.15, -0.1) is 0 Å². The first-order chi connectivity index (χ1) is 10.6. The smallest absolute Gasteiger partial charge is 0.175 e.